The molecule has 5 rings (SSSR count). The maximum Gasteiger partial charge on any atom is 0.159 e. The van der Waals surface area contributed by atoms with Gasteiger partial charge in [0.15, 0.2) is 17.3 Å². The average molecular weight is 350 g/mol. The minimum Gasteiger partial charge on any atom is -0.366 e. The summed E-state index contributed by atoms with van der Waals surface area (Å²) in [5.74, 6) is -0.655. The first-order valence-electron chi connectivity index (χ1n) is 8.57. The van der Waals surface area contributed by atoms with Crippen molar-refractivity contribution in [3.63, 3.8) is 0 Å². The first kappa shape index (κ1) is 15.3. The van der Waals surface area contributed by atoms with E-state index < -0.39 is 11.6 Å². The fourth-order valence-corrected chi connectivity index (χ4v) is 3.53. The molecule has 1 fully saturated rings. The minimum atomic E-state index is -0.812. The zero-order chi connectivity index (χ0) is 17.8. The largest absolute Gasteiger partial charge is 0.366 e. The van der Waals surface area contributed by atoms with Crippen LogP contribution >= 0.6 is 0 Å². The molecule has 130 valence electrons. The molecule has 0 aliphatic heterocycles. The Morgan fingerprint density at radius 1 is 1.08 bits per heavy atom. The summed E-state index contributed by atoms with van der Waals surface area (Å²) in [6, 6.07) is 14.2. The predicted octanol–water partition coefficient (Wildman–Crippen LogP) is 4.44. The number of benzene rings is 2. The monoisotopic (exact) mass is 350 g/mol. The number of aryl methyl sites for hydroxylation is 1. The van der Waals surface area contributed by atoms with E-state index in [4.69, 9.17) is 4.98 Å². The van der Waals surface area contributed by atoms with E-state index in [1.165, 1.54) is 12.1 Å². The number of fused-ring (bicyclic) bond motifs is 3. The number of nitrogens with zero attached hydrogens (tertiary/aromatic N) is 3. The second kappa shape index (κ2) is 5.49. The molecular formula is C20H16F2N4. The zero-order valence-electron chi connectivity index (χ0n) is 14.1. The molecule has 1 saturated carbocycles. The molecule has 0 radical (unpaired) electrons. The normalized spacial score (nSPS) is 19.2. The first-order chi connectivity index (χ1) is 12.6. The molecule has 1 N–H and O–H groups in total. The molecule has 4 nitrogen and oxygen atoms in total. The van der Waals surface area contributed by atoms with E-state index in [0.29, 0.717) is 0 Å². The van der Waals surface area contributed by atoms with Crippen molar-refractivity contribution in [3.8, 4) is 0 Å². The van der Waals surface area contributed by atoms with Crippen molar-refractivity contribution >= 4 is 22.4 Å². The molecule has 2 aromatic heterocycles. The van der Waals surface area contributed by atoms with Crippen molar-refractivity contribution in [3.05, 3.63) is 71.4 Å². The van der Waals surface area contributed by atoms with E-state index in [1.807, 2.05) is 41.8 Å². The van der Waals surface area contributed by atoms with Gasteiger partial charge in [0, 0.05) is 23.4 Å². The van der Waals surface area contributed by atoms with Gasteiger partial charge in [0.2, 0.25) is 0 Å². The lowest BCUT2D eigenvalue weighted by Gasteiger charge is -2.10. The first-order valence-corrected chi connectivity index (χ1v) is 8.57. The lowest BCUT2D eigenvalue weighted by atomic mass is 10.1. The van der Waals surface area contributed by atoms with Crippen LogP contribution in [0.4, 0.5) is 14.6 Å². The van der Waals surface area contributed by atoms with Crippen LogP contribution in [-0.4, -0.2) is 20.6 Å². The maximum atomic E-state index is 13.5. The molecule has 2 heterocycles. The highest BCUT2D eigenvalue weighted by Gasteiger charge is 2.39. The van der Waals surface area contributed by atoms with Gasteiger partial charge in [-0.15, -0.1) is 0 Å². The van der Waals surface area contributed by atoms with Gasteiger partial charge in [0.05, 0.1) is 11.2 Å². The number of para-hydroxylation sites is 1. The molecule has 0 bridgehead atoms. The van der Waals surface area contributed by atoms with Crippen molar-refractivity contribution < 1.29 is 8.78 Å². The Labute approximate surface area is 148 Å². The Balaban J connectivity index is 1.50. The standard InChI is InChI=1S/C20H16F2N4/c1-11-8-19-24-20(13-4-2-3-5-18(13)26(19)25-11)23-17-10-14(17)12-6-7-15(21)16(22)9-12/h2-9,14,17H,10H2,1H3,(H,23,24)/t14-,17+/m0/s1. The van der Waals surface area contributed by atoms with Crippen LogP contribution in [-0.2, 0) is 0 Å². The predicted molar refractivity (Wildman–Crippen MR) is 96.4 cm³/mol. The second-order valence-electron chi connectivity index (χ2n) is 6.80. The Bertz CT molecular complexity index is 1150. The van der Waals surface area contributed by atoms with Crippen LogP contribution in [0.15, 0.2) is 48.5 Å². The smallest absolute Gasteiger partial charge is 0.159 e. The van der Waals surface area contributed by atoms with Crippen molar-refractivity contribution in [1.82, 2.24) is 14.6 Å². The number of halogens is 2. The molecule has 1 aliphatic carbocycles. The SMILES string of the molecule is Cc1cc2nc(N[C@@H]3C[C@H]3c3ccc(F)c(F)c3)c3ccccc3n2n1. The van der Waals surface area contributed by atoms with Gasteiger partial charge in [-0.2, -0.15) is 5.10 Å². The lowest BCUT2D eigenvalue weighted by molar-refractivity contribution is 0.507. The molecule has 0 amide bonds. The van der Waals surface area contributed by atoms with E-state index in [0.717, 1.165) is 40.0 Å². The highest BCUT2D eigenvalue weighted by molar-refractivity contribution is 5.91. The highest BCUT2D eigenvalue weighted by atomic mass is 19.2. The fourth-order valence-electron chi connectivity index (χ4n) is 3.53. The van der Waals surface area contributed by atoms with E-state index in [2.05, 4.69) is 10.4 Å². The van der Waals surface area contributed by atoms with Crippen LogP contribution in [0.5, 0.6) is 0 Å². The van der Waals surface area contributed by atoms with Crippen molar-refractivity contribution in [2.24, 2.45) is 0 Å². The Hall–Kier alpha value is -3.02. The lowest BCUT2D eigenvalue weighted by Crippen LogP contribution is -2.08. The number of nitrogens with one attached hydrogen (secondary N) is 1. The quantitative estimate of drug-likeness (QED) is 0.594. The average Bonchev–Trinajstić information content (AvgIpc) is 3.29. The molecule has 2 aromatic carbocycles. The Kier molecular flexibility index (Phi) is 3.22. The highest BCUT2D eigenvalue weighted by Crippen LogP contribution is 2.43. The topological polar surface area (TPSA) is 42.2 Å². The summed E-state index contributed by atoms with van der Waals surface area (Å²) in [5.41, 5.74) is 3.49. The summed E-state index contributed by atoms with van der Waals surface area (Å²) < 4.78 is 28.5. The summed E-state index contributed by atoms with van der Waals surface area (Å²) in [6.45, 7) is 1.94. The zero-order valence-corrected chi connectivity index (χ0v) is 14.1. The van der Waals surface area contributed by atoms with Crippen LogP contribution in [0.3, 0.4) is 0 Å². The molecule has 0 spiro atoms. The van der Waals surface area contributed by atoms with Gasteiger partial charge >= 0.3 is 0 Å². The number of aromatic nitrogens is 3. The van der Waals surface area contributed by atoms with Crippen LogP contribution in [0.2, 0.25) is 0 Å². The minimum absolute atomic E-state index is 0.155. The van der Waals surface area contributed by atoms with Crippen LogP contribution in [0.1, 0.15) is 23.6 Å². The van der Waals surface area contributed by atoms with E-state index >= 15 is 0 Å². The molecule has 2 atom stereocenters. The van der Waals surface area contributed by atoms with Crippen LogP contribution < -0.4 is 5.32 Å². The summed E-state index contributed by atoms with van der Waals surface area (Å²) in [7, 11) is 0. The third kappa shape index (κ3) is 2.41. The fraction of sp³-hybridized carbons (Fsp3) is 0.200. The number of hydrogen-bond acceptors (Lipinski definition) is 3. The third-order valence-electron chi connectivity index (χ3n) is 4.91. The number of hydrogen-bond donors (Lipinski definition) is 1. The van der Waals surface area contributed by atoms with Gasteiger partial charge in [-0.25, -0.2) is 18.3 Å². The number of rotatable bonds is 3. The number of anilines is 1. The van der Waals surface area contributed by atoms with Crippen molar-refractivity contribution in [2.45, 2.75) is 25.3 Å². The maximum absolute atomic E-state index is 13.5. The molecule has 4 aromatic rings. The Morgan fingerprint density at radius 2 is 1.92 bits per heavy atom. The van der Waals surface area contributed by atoms with Gasteiger partial charge in [-0.1, -0.05) is 18.2 Å². The van der Waals surface area contributed by atoms with Crippen molar-refractivity contribution in [2.75, 3.05) is 5.32 Å². The molecule has 26 heavy (non-hydrogen) atoms. The van der Waals surface area contributed by atoms with E-state index in [-0.39, 0.29) is 12.0 Å². The summed E-state index contributed by atoms with van der Waals surface area (Å²) in [6.07, 6.45) is 0.866. The Morgan fingerprint density at radius 3 is 2.77 bits per heavy atom. The van der Waals surface area contributed by atoms with Gasteiger partial charge in [0.1, 0.15) is 5.82 Å². The molecule has 0 unspecified atom stereocenters. The van der Waals surface area contributed by atoms with E-state index in [9.17, 15) is 8.78 Å². The molecule has 0 saturated heterocycles. The molecule has 1 aliphatic rings. The third-order valence-corrected chi connectivity index (χ3v) is 4.91. The second-order valence-corrected chi connectivity index (χ2v) is 6.80. The van der Waals surface area contributed by atoms with Gasteiger partial charge in [0.25, 0.3) is 0 Å². The molecular weight excluding hydrogens is 334 g/mol. The summed E-state index contributed by atoms with van der Waals surface area (Å²) >= 11 is 0. The van der Waals surface area contributed by atoms with Crippen LogP contribution in [0, 0.1) is 18.6 Å². The molecule has 6 heteroatoms. The van der Waals surface area contributed by atoms with E-state index in [1.54, 1.807) is 6.07 Å². The van der Waals surface area contributed by atoms with Gasteiger partial charge in [-0.3, -0.25) is 0 Å². The summed E-state index contributed by atoms with van der Waals surface area (Å²) in [5, 5.41) is 8.97. The summed E-state index contributed by atoms with van der Waals surface area (Å²) in [4.78, 5) is 4.72. The van der Waals surface area contributed by atoms with Crippen LogP contribution in [0.25, 0.3) is 16.6 Å². The van der Waals surface area contributed by atoms with Crippen molar-refractivity contribution in [1.29, 1.82) is 0 Å². The van der Waals surface area contributed by atoms with Gasteiger partial charge in [-0.05, 0) is 43.2 Å². The van der Waals surface area contributed by atoms with Gasteiger partial charge < -0.3 is 5.32 Å².